The highest BCUT2D eigenvalue weighted by Gasteiger charge is 2.15. The Morgan fingerprint density at radius 2 is 2.54 bits per heavy atom. The molecule has 0 amide bonds. The number of allylic oxidation sites excluding steroid dienone is 1. The Morgan fingerprint density at radius 3 is 3.08 bits per heavy atom. The Morgan fingerprint density at radius 1 is 1.77 bits per heavy atom. The molecule has 0 aliphatic carbocycles. The number of rotatable bonds is 4. The quantitative estimate of drug-likeness (QED) is 0.666. The number of Topliss-reactive ketones (excluding diaryl/α,β-unsaturated/α-hetero) is 1. The summed E-state index contributed by atoms with van der Waals surface area (Å²) < 4.78 is 10.1. The molecule has 0 saturated heterocycles. The number of hydrogen-bond donors (Lipinski definition) is 0. The second-order valence-corrected chi connectivity index (χ2v) is 3.29. The van der Waals surface area contributed by atoms with Crippen molar-refractivity contribution in [3.8, 4) is 0 Å². The van der Waals surface area contributed by atoms with Crippen LogP contribution in [-0.4, -0.2) is 25.6 Å². The first kappa shape index (κ1) is 10.3. The maximum absolute atomic E-state index is 11.5. The molecule has 0 N–H and O–H groups in total. The van der Waals surface area contributed by atoms with Gasteiger partial charge in [-0.25, -0.2) is 0 Å². The van der Waals surface area contributed by atoms with Gasteiger partial charge in [0, 0.05) is 19.1 Å². The van der Waals surface area contributed by atoms with E-state index in [1.54, 1.807) is 13.4 Å². The molecule has 1 rings (SSSR count). The van der Waals surface area contributed by atoms with Crippen molar-refractivity contribution < 1.29 is 14.3 Å². The normalized spacial score (nSPS) is 18.8. The van der Waals surface area contributed by atoms with E-state index in [-0.39, 0.29) is 11.9 Å². The molecular formula is C10H16O3. The van der Waals surface area contributed by atoms with E-state index < -0.39 is 0 Å². The van der Waals surface area contributed by atoms with Crippen LogP contribution < -0.4 is 0 Å². The molecule has 1 heterocycles. The van der Waals surface area contributed by atoms with E-state index >= 15 is 0 Å². The number of ether oxygens (including phenoxy) is 2. The Hall–Kier alpha value is -0.830. The third kappa shape index (κ3) is 3.19. The minimum absolute atomic E-state index is 0.00433. The van der Waals surface area contributed by atoms with Crippen LogP contribution in [0.15, 0.2) is 11.8 Å². The van der Waals surface area contributed by atoms with Gasteiger partial charge >= 0.3 is 0 Å². The van der Waals surface area contributed by atoms with Crippen molar-refractivity contribution in [2.24, 2.45) is 0 Å². The van der Waals surface area contributed by atoms with Gasteiger partial charge in [-0.2, -0.15) is 0 Å². The van der Waals surface area contributed by atoms with E-state index in [4.69, 9.17) is 9.47 Å². The summed E-state index contributed by atoms with van der Waals surface area (Å²) in [5.74, 6) is 0.147. The molecule has 3 nitrogen and oxygen atoms in total. The summed E-state index contributed by atoms with van der Waals surface area (Å²) in [6.07, 6.45) is 3.82. The third-order valence-corrected chi connectivity index (χ3v) is 2.17. The number of methoxy groups -OCH3 is 1. The summed E-state index contributed by atoms with van der Waals surface area (Å²) >= 11 is 0. The molecule has 0 saturated carbocycles. The summed E-state index contributed by atoms with van der Waals surface area (Å²) in [4.78, 5) is 11.5. The molecule has 1 unspecified atom stereocenters. The second-order valence-electron chi connectivity index (χ2n) is 3.29. The first-order valence-electron chi connectivity index (χ1n) is 4.60. The van der Waals surface area contributed by atoms with E-state index in [1.807, 2.05) is 6.92 Å². The van der Waals surface area contributed by atoms with Gasteiger partial charge in [-0.05, 0) is 19.8 Å². The van der Waals surface area contributed by atoms with Gasteiger partial charge in [-0.1, -0.05) is 0 Å². The van der Waals surface area contributed by atoms with Crippen molar-refractivity contribution in [3.05, 3.63) is 11.8 Å². The third-order valence-electron chi connectivity index (χ3n) is 2.17. The minimum Gasteiger partial charge on any atom is -0.501 e. The van der Waals surface area contributed by atoms with Gasteiger partial charge in [0.05, 0.1) is 19.0 Å². The summed E-state index contributed by atoms with van der Waals surface area (Å²) in [5.41, 5.74) is 0.801. The van der Waals surface area contributed by atoms with Crippen LogP contribution in [0.1, 0.15) is 26.2 Å². The fraction of sp³-hybridized carbons (Fsp3) is 0.700. The van der Waals surface area contributed by atoms with Gasteiger partial charge in [-0.15, -0.1) is 0 Å². The first-order chi connectivity index (χ1) is 6.24. The van der Waals surface area contributed by atoms with Crippen molar-refractivity contribution >= 4 is 5.78 Å². The molecule has 74 valence electrons. The zero-order valence-corrected chi connectivity index (χ0v) is 8.21. The van der Waals surface area contributed by atoms with Crippen LogP contribution in [0.4, 0.5) is 0 Å². The Labute approximate surface area is 78.7 Å². The zero-order chi connectivity index (χ0) is 9.68. The lowest BCUT2D eigenvalue weighted by Gasteiger charge is -2.14. The van der Waals surface area contributed by atoms with E-state index in [0.29, 0.717) is 6.42 Å². The molecule has 0 spiro atoms. The van der Waals surface area contributed by atoms with Gasteiger partial charge in [-0.3, -0.25) is 4.79 Å². The highest BCUT2D eigenvalue weighted by atomic mass is 16.5. The summed E-state index contributed by atoms with van der Waals surface area (Å²) in [7, 11) is 1.61. The van der Waals surface area contributed by atoms with Gasteiger partial charge in [0.1, 0.15) is 0 Å². The van der Waals surface area contributed by atoms with Crippen LogP contribution in [0.25, 0.3) is 0 Å². The molecule has 1 aliphatic rings. The smallest absolute Gasteiger partial charge is 0.164 e. The summed E-state index contributed by atoms with van der Waals surface area (Å²) in [6, 6.07) is 0. The molecule has 1 atom stereocenters. The number of carbonyl (C=O) groups excluding carboxylic acids is 1. The largest absolute Gasteiger partial charge is 0.501 e. The van der Waals surface area contributed by atoms with Crippen LogP contribution in [0, 0.1) is 0 Å². The van der Waals surface area contributed by atoms with Crippen molar-refractivity contribution in [2.75, 3.05) is 13.7 Å². The number of carbonyl (C=O) groups is 1. The molecule has 0 aromatic heterocycles. The van der Waals surface area contributed by atoms with Crippen molar-refractivity contribution in [1.82, 2.24) is 0 Å². The SMILES string of the molecule is COC(C)CC(=O)C1=COCCC1. The fourth-order valence-corrected chi connectivity index (χ4v) is 1.25. The Balaban J connectivity index is 2.42. The van der Waals surface area contributed by atoms with Crippen LogP contribution in [0.3, 0.4) is 0 Å². The number of ketones is 1. The maximum Gasteiger partial charge on any atom is 0.164 e. The van der Waals surface area contributed by atoms with E-state index in [1.165, 1.54) is 0 Å². The molecule has 3 heteroatoms. The van der Waals surface area contributed by atoms with Crippen LogP contribution in [-0.2, 0) is 14.3 Å². The molecule has 0 aromatic rings. The van der Waals surface area contributed by atoms with Crippen molar-refractivity contribution in [1.29, 1.82) is 0 Å². The van der Waals surface area contributed by atoms with Gasteiger partial charge in [0.2, 0.25) is 0 Å². The average molecular weight is 184 g/mol. The minimum atomic E-state index is -0.00433. The molecule has 13 heavy (non-hydrogen) atoms. The Bertz CT molecular complexity index is 208. The standard InChI is InChI=1S/C10H16O3/c1-8(12-2)6-10(11)9-4-3-5-13-7-9/h7-8H,3-6H2,1-2H3. The van der Waals surface area contributed by atoms with E-state index in [0.717, 1.165) is 25.0 Å². The molecule has 0 bridgehead atoms. The molecule has 0 fully saturated rings. The van der Waals surface area contributed by atoms with Gasteiger partial charge in [0.15, 0.2) is 5.78 Å². The van der Waals surface area contributed by atoms with Gasteiger partial charge in [0.25, 0.3) is 0 Å². The van der Waals surface area contributed by atoms with E-state index in [9.17, 15) is 4.79 Å². The van der Waals surface area contributed by atoms with Crippen LogP contribution in [0.2, 0.25) is 0 Å². The maximum atomic E-state index is 11.5. The fourth-order valence-electron chi connectivity index (χ4n) is 1.25. The first-order valence-corrected chi connectivity index (χ1v) is 4.60. The second kappa shape index (κ2) is 5.02. The topological polar surface area (TPSA) is 35.5 Å². The molecule has 0 aromatic carbocycles. The predicted molar refractivity (Wildman–Crippen MR) is 49.4 cm³/mol. The monoisotopic (exact) mass is 184 g/mol. The van der Waals surface area contributed by atoms with E-state index in [2.05, 4.69) is 0 Å². The molecule has 0 radical (unpaired) electrons. The summed E-state index contributed by atoms with van der Waals surface area (Å²) in [5, 5.41) is 0. The van der Waals surface area contributed by atoms with Crippen molar-refractivity contribution in [2.45, 2.75) is 32.3 Å². The van der Waals surface area contributed by atoms with Crippen molar-refractivity contribution in [3.63, 3.8) is 0 Å². The lowest BCUT2D eigenvalue weighted by molar-refractivity contribution is -0.118. The van der Waals surface area contributed by atoms with Crippen LogP contribution in [0.5, 0.6) is 0 Å². The zero-order valence-electron chi connectivity index (χ0n) is 8.21. The Kier molecular flexibility index (Phi) is 3.96. The molecule has 1 aliphatic heterocycles. The van der Waals surface area contributed by atoms with Crippen LogP contribution >= 0.6 is 0 Å². The van der Waals surface area contributed by atoms with Gasteiger partial charge < -0.3 is 9.47 Å². The highest BCUT2D eigenvalue weighted by molar-refractivity contribution is 5.95. The highest BCUT2D eigenvalue weighted by Crippen LogP contribution is 2.15. The molecular weight excluding hydrogens is 168 g/mol. The predicted octanol–water partition coefficient (Wildman–Crippen LogP) is 1.67. The lowest BCUT2D eigenvalue weighted by Crippen LogP contribution is -2.16. The lowest BCUT2D eigenvalue weighted by atomic mass is 10.0. The average Bonchev–Trinajstić information content (AvgIpc) is 2.19. The summed E-state index contributed by atoms with van der Waals surface area (Å²) in [6.45, 7) is 2.62. The number of hydrogen-bond acceptors (Lipinski definition) is 3.